The van der Waals surface area contributed by atoms with E-state index in [1.165, 1.54) is 36.1 Å². The summed E-state index contributed by atoms with van der Waals surface area (Å²) in [5, 5.41) is 8.34. The minimum atomic E-state index is -1.11. The van der Waals surface area contributed by atoms with E-state index in [2.05, 4.69) is 4.98 Å². The van der Waals surface area contributed by atoms with E-state index in [1.54, 1.807) is 18.7 Å². The summed E-state index contributed by atoms with van der Waals surface area (Å²) in [7, 11) is 4.77. The summed E-state index contributed by atoms with van der Waals surface area (Å²) in [6, 6.07) is 4.87. The summed E-state index contributed by atoms with van der Waals surface area (Å²) in [6.07, 6.45) is 1.52. The van der Waals surface area contributed by atoms with Crippen LogP contribution in [0.2, 0.25) is 0 Å². The fourth-order valence-corrected chi connectivity index (χ4v) is 2.09. The Bertz CT molecular complexity index is 1030. The van der Waals surface area contributed by atoms with Gasteiger partial charge < -0.3 is 9.67 Å². The second kappa shape index (κ2) is 6.49. The van der Waals surface area contributed by atoms with Gasteiger partial charge in [-0.15, -0.1) is 0 Å². The molecule has 9 heteroatoms. The molecule has 2 aromatic heterocycles. The molecule has 1 aromatic carbocycles. The monoisotopic (exact) mass is 334 g/mol. The first kappa shape index (κ1) is 17.1. The number of aromatic carboxylic acids is 1. The molecule has 1 N–H and O–H groups in total. The van der Waals surface area contributed by atoms with Crippen LogP contribution >= 0.6 is 0 Å². The van der Waals surface area contributed by atoms with Gasteiger partial charge in [-0.05, 0) is 18.2 Å². The molecule has 0 amide bonds. The topological polar surface area (TPSA) is 99.1 Å². The SMILES string of the molecule is Cn1c(=O)c2c(ncn2C)n(C)c1=O.O=C(O)c1cccc(F)c1. The maximum Gasteiger partial charge on any atom is 0.335 e. The van der Waals surface area contributed by atoms with Gasteiger partial charge in [-0.25, -0.2) is 19.0 Å². The maximum atomic E-state index is 12.3. The predicted octanol–water partition coefficient (Wildman–Crippen LogP) is 0.495. The summed E-state index contributed by atoms with van der Waals surface area (Å²) in [5.74, 6) is -1.64. The summed E-state index contributed by atoms with van der Waals surface area (Å²) in [6.45, 7) is 0. The van der Waals surface area contributed by atoms with E-state index in [0.717, 1.165) is 10.6 Å². The van der Waals surface area contributed by atoms with Crippen molar-refractivity contribution in [3.8, 4) is 0 Å². The van der Waals surface area contributed by atoms with Crippen molar-refractivity contribution in [3.63, 3.8) is 0 Å². The smallest absolute Gasteiger partial charge is 0.335 e. The van der Waals surface area contributed by atoms with Gasteiger partial charge in [0.2, 0.25) is 0 Å². The number of aryl methyl sites for hydroxylation is 2. The molecule has 2 heterocycles. The number of imidazole rings is 1. The lowest BCUT2D eigenvalue weighted by Crippen LogP contribution is -2.37. The molecule has 0 spiro atoms. The van der Waals surface area contributed by atoms with Crippen molar-refractivity contribution in [1.82, 2.24) is 18.7 Å². The molecule has 0 radical (unpaired) electrons. The summed E-state index contributed by atoms with van der Waals surface area (Å²) in [4.78, 5) is 37.3. The summed E-state index contributed by atoms with van der Waals surface area (Å²) < 4.78 is 16.3. The van der Waals surface area contributed by atoms with Gasteiger partial charge >= 0.3 is 11.7 Å². The minimum absolute atomic E-state index is 0.0278. The molecule has 24 heavy (non-hydrogen) atoms. The maximum absolute atomic E-state index is 12.3. The van der Waals surface area contributed by atoms with Crippen LogP contribution in [0.1, 0.15) is 10.4 Å². The Balaban J connectivity index is 0.000000185. The second-order valence-corrected chi connectivity index (χ2v) is 5.05. The molecule has 0 aliphatic carbocycles. The molecule has 0 fully saturated rings. The van der Waals surface area contributed by atoms with Gasteiger partial charge in [-0.3, -0.25) is 13.9 Å². The summed E-state index contributed by atoms with van der Waals surface area (Å²) in [5.41, 5.74) is 0.152. The molecule has 3 aromatic rings. The molecule has 8 nitrogen and oxygen atoms in total. The molecule has 0 unspecified atom stereocenters. The number of halogens is 1. The number of carbonyl (C=O) groups is 1. The number of nitrogens with zero attached hydrogens (tertiary/aromatic N) is 4. The zero-order valence-corrected chi connectivity index (χ0v) is 13.2. The third-order valence-electron chi connectivity index (χ3n) is 3.39. The number of aromatic nitrogens is 4. The molecule has 0 saturated carbocycles. The van der Waals surface area contributed by atoms with Crippen LogP contribution in [0, 0.1) is 5.82 Å². The second-order valence-electron chi connectivity index (χ2n) is 5.05. The molecular formula is C15H15FN4O4. The Kier molecular flexibility index (Phi) is 4.63. The van der Waals surface area contributed by atoms with Gasteiger partial charge in [0.05, 0.1) is 11.9 Å². The molecule has 126 valence electrons. The van der Waals surface area contributed by atoms with Crippen molar-refractivity contribution < 1.29 is 14.3 Å². The van der Waals surface area contributed by atoms with Gasteiger partial charge in [0.1, 0.15) is 5.82 Å². The van der Waals surface area contributed by atoms with Crippen molar-refractivity contribution >= 4 is 17.1 Å². The Hall–Kier alpha value is -3.23. The van der Waals surface area contributed by atoms with E-state index in [1.807, 2.05) is 0 Å². The van der Waals surface area contributed by atoms with Gasteiger partial charge in [-0.1, -0.05) is 6.07 Å². The zero-order chi connectivity index (χ0) is 18.0. The highest BCUT2D eigenvalue weighted by molar-refractivity contribution is 5.87. The zero-order valence-electron chi connectivity index (χ0n) is 13.2. The van der Waals surface area contributed by atoms with Crippen LogP contribution in [0.4, 0.5) is 4.39 Å². The average molecular weight is 334 g/mol. The quantitative estimate of drug-likeness (QED) is 0.698. The first-order chi connectivity index (χ1) is 11.2. The number of carboxylic acids is 1. The van der Waals surface area contributed by atoms with Crippen molar-refractivity contribution in [1.29, 1.82) is 0 Å². The van der Waals surface area contributed by atoms with E-state index in [4.69, 9.17) is 5.11 Å². The number of benzene rings is 1. The van der Waals surface area contributed by atoms with Crippen LogP contribution in [-0.4, -0.2) is 29.8 Å². The Morgan fingerprint density at radius 1 is 1.17 bits per heavy atom. The van der Waals surface area contributed by atoms with E-state index < -0.39 is 11.8 Å². The van der Waals surface area contributed by atoms with Crippen LogP contribution < -0.4 is 11.2 Å². The lowest BCUT2D eigenvalue weighted by Gasteiger charge is -2.02. The predicted molar refractivity (Wildman–Crippen MR) is 84.6 cm³/mol. The Morgan fingerprint density at radius 3 is 2.38 bits per heavy atom. The van der Waals surface area contributed by atoms with Crippen molar-refractivity contribution in [2.45, 2.75) is 0 Å². The molecule has 3 rings (SSSR count). The normalized spacial score (nSPS) is 10.3. The molecule has 0 atom stereocenters. The largest absolute Gasteiger partial charge is 0.478 e. The highest BCUT2D eigenvalue weighted by Gasteiger charge is 2.11. The molecule has 0 aliphatic heterocycles. The number of fused-ring (bicyclic) bond motifs is 1. The molecular weight excluding hydrogens is 319 g/mol. The van der Waals surface area contributed by atoms with E-state index in [0.29, 0.717) is 11.2 Å². The third-order valence-corrected chi connectivity index (χ3v) is 3.39. The fourth-order valence-electron chi connectivity index (χ4n) is 2.09. The number of hydrogen-bond donors (Lipinski definition) is 1. The third kappa shape index (κ3) is 3.09. The van der Waals surface area contributed by atoms with Crippen LogP contribution in [-0.2, 0) is 21.1 Å². The highest BCUT2D eigenvalue weighted by atomic mass is 19.1. The van der Waals surface area contributed by atoms with E-state index in [9.17, 15) is 18.8 Å². The van der Waals surface area contributed by atoms with Crippen molar-refractivity contribution in [2.75, 3.05) is 0 Å². The number of hydrogen-bond acceptors (Lipinski definition) is 4. The van der Waals surface area contributed by atoms with Crippen molar-refractivity contribution in [3.05, 3.63) is 62.8 Å². The first-order valence-corrected chi connectivity index (χ1v) is 6.80. The minimum Gasteiger partial charge on any atom is -0.478 e. The fraction of sp³-hybridized carbons (Fsp3) is 0.200. The van der Waals surface area contributed by atoms with Crippen LogP contribution in [0.5, 0.6) is 0 Å². The van der Waals surface area contributed by atoms with Crippen molar-refractivity contribution in [2.24, 2.45) is 21.1 Å². The standard InChI is InChI=1S/C8H10N4O2.C7H5FO2/c1-10-4-9-6-5(10)7(13)12(3)8(14)11(6)2;8-6-3-1-2-5(4-6)7(9)10/h4H,1-3H3;1-4H,(H,9,10). The van der Waals surface area contributed by atoms with Gasteiger partial charge in [0, 0.05) is 21.1 Å². The van der Waals surface area contributed by atoms with E-state index in [-0.39, 0.29) is 16.8 Å². The van der Waals surface area contributed by atoms with E-state index >= 15 is 0 Å². The van der Waals surface area contributed by atoms with Gasteiger partial charge in [0.15, 0.2) is 11.2 Å². The number of rotatable bonds is 1. The average Bonchev–Trinajstić information content (AvgIpc) is 2.93. The molecule has 0 saturated heterocycles. The molecule has 0 bridgehead atoms. The summed E-state index contributed by atoms with van der Waals surface area (Å²) >= 11 is 0. The highest BCUT2D eigenvalue weighted by Crippen LogP contribution is 2.02. The van der Waals surface area contributed by atoms with Crippen LogP contribution in [0.15, 0.2) is 40.2 Å². The number of carboxylic acid groups (broad SMARTS) is 1. The molecule has 0 aliphatic rings. The van der Waals surface area contributed by atoms with Crippen LogP contribution in [0.25, 0.3) is 11.2 Å². The van der Waals surface area contributed by atoms with Gasteiger partial charge in [-0.2, -0.15) is 0 Å². The lowest BCUT2D eigenvalue weighted by atomic mass is 10.2. The Labute approximate surface area is 135 Å². The lowest BCUT2D eigenvalue weighted by molar-refractivity contribution is 0.0696. The first-order valence-electron chi connectivity index (χ1n) is 6.80. The van der Waals surface area contributed by atoms with Gasteiger partial charge in [0.25, 0.3) is 5.56 Å². The van der Waals surface area contributed by atoms with Crippen LogP contribution in [0.3, 0.4) is 0 Å². The Morgan fingerprint density at radius 2 is 1.83 bits per heavy atom.